The van der Waals surface area contributed by atoms with Crippen molar-refractivity contribution in [3.8, 4) is 0 Å². The second-order valence-corrected chi connectivity index (χ2v) is 6.18. The number of amides is 1. The first-order valence-corrected chi connectivity index (χ1v) is 8.13. The molecule has 0 spiro atoms. The highest BCUT2D eigenvalue weighted by Gasteiger charge is 2.17. The molecule has 1 unspecified atom stereocenters. The Labute approximate surface area is 137 Å². The molecule has 0 bridgehead atoms. The fraction of sp³-hybridized carbons (Fsp3) is 0.333. The zero-order valence-corrected chi connectivity index (χ0v) is 13.7. The number of aryl methyl sites for hydroxylation is 1. The van der Waals surface area contributed by atoms with Crippen molar-refractivity contribution in [1.29, 1.82) is 0 Å². The quantitative estimate of drug-likeness (QED) is 0.739. The summed E-state index contributed by atoms with van der Waals surface area (Å²) >= 11 is 1.52. The van der Waals surface area contributed by atoms with Crippen LogP contribution in [-0.2, 0) is 6.42 Å². The molecule has 3 aromatic rings. The highest BCUT2D eigenvalue weighted by Crippen LogP contribution is 2.18. The molecule has 1 atom stereocenters. The Morgan fingerprint density at radius 2 is 2.35 bits per heavy atom. The Bertz CT molecular complexity index is 841. The third-order valence-electron chi connectivity index (χ3n) is 3.35. The molecule has 2 N–H and O–H groups in total. The van der Waals surface area contributed by atoms with Crippen LogP contribution in [0.25, 0.3) is 5.65 Å². The van der Waals surface area contributed by atoms with E-state index in [0.29, 0.717) is 17.8 Å². The van der Waals surface area contributed by atoms with Gasteiger partial charge in [-0.15, -0.1) is 11.3 Å². The van der Waals surface area contributed by atoms with Crippen LogP contribution < -0.4 is 5.32 Å². The van der Waals surface area contributed by atoms with Crippen molar-refractivity contribution in [3.05, 3.63) is 45.8 Å². The molecule has 1 amide bonds. The number of hydrogen-bond acceptors (Lipinski definition) is 6. The summed E-state index contributed by atoms with van der Waals surface area (Å²) in [5, 5.41) is 18.9. The standard InChI is InChI=1S/C15H17N5O2S/c1-9-8-23-15(17-9)10(2)18-14(22)12-5-13-16-6-11(3-4-21)7-20(13)19-12/h5-8,10,21H,3-4H2,1-2H3,(H,18,22). The van der Waals surface area contributed by atoms with Crippen LogP contribution in [0.1, 0.15) is 39.7 Å². The predicted molar refractivity (Wildman–Crippen MR) is 86.5 cm³/mol. The number of thiazole rings is 1. The number of carbonyl (C=O) groups is 1. The Hall–Kier alpha value is -2.32. The summed E-state index contributed by atoms with van der Waals surface area (Å²) in [4.78, 5) is 21.0. The van der Waals surface area contributed by atoms with E-state index in [4.69, 9.17) is 5.11 Å². The molecule has 0 aliphatic heterocycles. The van der Waals surface area contributed by atoms with Gasteiger partial charge in [0.2, 0.25) is 0 Å². The predicted octanol–water partition coefficient (Wildman–Crippen LogP) is 1.52. The van der Waals surface area contributed by atoms with Gasteiger partial charge in [-0.25, -0.2) is 14.5 Å². The van der Waals surface area contributed by atoms with E-state index in [1.54, 1.807) is 23.0 Å². The van der Waals surface area contributed by atoms with Gasteiger partial charge in [0, 0.05) is 36.1 Å². The molecule has 0 fully saturated rings. The number of aliphatic hydroxyl groups excluding tert-OH is 1. The van der Waals surface area contributed by atoms with Gasteiger partial charge in [0.15, 0.2) is 11.3 Å². The van der Waals surface area contributed by atoms with Crippen LogP contribution in [-0.4, -0.2) is 37.2 Å². The van der Waals surface area contributed by atoms with Crippen LogP contribution >= 0.6 is 11.3 Å². The van der Waals surface area contributed by atoms with Gasteiger partial charge in [0.25, 0.3) is 5.91 Å². The van der Waals surface area contributed by atoms with Crippen LogP contribution in [0.5, 0.6) is 0 Å². The number of aliphatic hydroxyl groups is 1. The Kier molecular flexibility index (Phi) is 4.35. The summed E-state index contributed by atoms with van der Waals surface area (Å²) in [6.45, 7) is 3.86. The molecule has 7 nitrogen and oxygen atoms in total. The van der Waals surface area contributed by atoms with E-state index >= 15 is 0 Å². The zero-order chi connectivity index (χ0) is 16.4. The minimum Gasteiger partial charge on any atom is -0.396 e. The lowest BCUT2D eigenvalue weighted by molar-refractivity contribution is 0.0934. The van der Waals surface area contributed by atoms with E-state index in [1.165, 1.54) is 11.3 Å². The van der Waals surface area contributed by atoms with Gasteiger partial charge in [0.1, 0.15) is 5.01 Å². The molecule has 3 rings (SSSR count). The molecule has 8 heteroatoms. The minimum atomic E-state index is -0.264. The van der Waals surface area contributed by atoms with Crippen molar-refractivity contribution in [2.24, 2.45) is 0 Å². The van der Waals surface area contributed by atoms with E-state index in [-0.39, 0.29) is 18.6 Å². The lowest BCUT2D eigenvalue weighted by Crippen LogP contribution is -2.27. The number of hydrogen-bond donors (Lipinski definition) is 2. The molecular formula is C15H17N5O2S. The summed E-state index contributed by atoms with van der Waals surface area (Å²) < 4.78 is 1.55. The van der Waals surface area contributed by atoms with Crippen LogP contribution in [0.2, 0.25) is 0 Å². The monoisotopic (exact) mass is 331 g/mol. The number of fused-ring (bicyclic) bond motifs is 1. The topological polar surface area (TPSA) is 92.4 Å². The zero-order valence-electron chi connectivity index (χ0n) is 12.9. The van der Waals surface area contributed by atoms with Crippen molar-refractivity contribution < 1.29 is 9.90 Å². The Balaban J connectivity index is 1.77. The van der Waals surface area contributed by atoms with E-state index in [1.807, 2.05) is 19.2 Å². The highest BCUT2D eigenvalue weighted by atomic mass is 32.1. The van der Waals surface area contributed by atoms with E-state index < -0.39 is 0 Å². The van der Waals surface area contributed by atoms with Crippen molar-refractivity contribution in [1.82, 2.24) is 24.9 Å². The van der Waals surface area contributed by atoms with Gasteiger partial charge < -0.3 is 10.4 Å². The SMILES string of the molecule is Cc1csc(C(C)NC(=O)c2cc3ncc(CCO)cn3n2)n1. The fourth-order valence-electron chi connectivity index (χ4n) is 2.19. The maximum Gasteiger partial charge on any atom is 0.272 e. The molecule has 0 aliphatic carbocycles. The third-order valence-corrected chi connectivity index (χ3v) is 4.50. The van der Waals surface area contributed by atoms with Crippen LogP contribution in [0.15, 0.2) is 23.8 Å². The van der Waals surface area contributed by atoms with Gasteiger partial charge in [-0.2, -0.15) is 5.10 Å². The summed E-state index contributed by atoms with van der Waals surface area (Å²) in [5.41, 5.74) is 2.70. The molecule has 0 saturated carbocycles. The van der Waals surface area contributed by atoms with Crippen LogP contribution in [0.4, 0.5) is 0 Å². The van der Waals surface area contributed by atoms with Crippen molar-refractivity contribution in [2.45, 2.75) is 26.3 Å². The second kappa shape index (κ2) is 6.43. The molecule has 3 aromatic heterocycles. The smallest absolute Gasteiger partial charge is 0.272 e. The van der Waals surface area contributed by atoms with Crippen LogP contribution in [0, 0.1) is 6.92 Å². The normalized spacial score (nSPS) is 12.5. The summed E-state index contributed by atoms with van der Waals surface area (Å²) in [7, 11) is 0. The number of aromatic nitrogens is 4. The van der Waals surface area contributed by atoms with Crippen LogP contribution in [0.3, 0.4) is 0 Å². The average Bonchev–Trinajstić information content (AvgIpc) is 3.13. The average molecular weight is 331 g/mol. The summed E-state index contributed by atoms with van der Waals surface area (Å²) in [5.74, 6) is -0.264. The molecule has 0 aromatic carbocycles. The lowest BCUT2D eigenvalue weighted by Gasteiger charge is -2.09. The molecule has 120 valence electrons. The Morgan fingerprint density at radius 3 is 3.04 bits per heavy atom. The first-order valence-electron chi connectivity index (χ1n) is 7.25. The molecule has 23 heavy (non-hydrogen) atoms. The third kappa shape index (κ3) is 3.38. The second-order valence-electron chi connectivity index (χ2n) is 5.29. The maximum absolute atomic E-state index is 12.3. The van der Waals surface area contributed by atoms with E-state index in [0.717, 1.165) is 16.3 Å². The Morgan fingerprint density at radius 1 is 1.52 bits per heavy atom. The number of nitrogens with one attached hydrogen (secondary N) is 1. The van der Waals surface area contributed by atoms with Gasteiger partial charge >= 0.3 is 0 Å². The molecule has 0 saturated heterocycles. The molecular weight excluding hydrogens is 314 g/mol. The number of rotatable bonds is 5. The van der Waals surface area contributed by atoms with Gasteiger partial charge in [0.05, 0.1) is 6.04 Å². The first-order chi connectivity index (χ1) is 11.1. The summed E-state index contributed by atoms with van der Waals surface area (Å²) in [6, 6.07) is 1.46. The van der Waals surface area contributed by atoms with Gasteiger partial charge in [-0.1, -0.05) is 0 Å². The molecule has 0 radical (unpaired) electrons. The van der Waals surface area contributed by atoms with Gasteiger partial charge in [-0.05, 0) is 25.8 Å². The number of nitrogens with zero attached hydrogens (tertiary/aromatic N) is 4. The number of carbonyl (C=O) groups excluding carboxylic acids is 1. The minimum absolute atomic E-state index is 0.0482. The first kappa shape index (κ1) is 15.6. The largest absolute Gasteiger partial charge is 0.396 e. The fourth-order valence-corrected chi connectivity index (χ4v) is 2.99. The van der Waals surface area contributed by atoms with E-state index in [2.05, 4.69) is 20.4 Å². The highest BCUT2D eigenvalue weighted by molar-refractivity contribution is 7.09. The lowest BCUT2D eigenvalue weighted by atomic mass is 10.2. The summed E-state index contributed by atoms with van der Waals surface area (Å²) in [6.07, 6.45) is 3.95. The van der Waals surface area contributed by atoms with Gasteiger partial charge in [-0.3, -0.25) is 4.79 Å². The van der Waals surface area contributed by atoms with E-state index in [9.17, 15) is 4.79 Å². The van der Waals surface area contributed by atoms with Crippen molar-refractivity contribution in [2.75, 3.05) is 6.61 Å². The van der Waals surface area contributed by atoms with Crippen molar-refractivity contribution >= 4 is 22.9 Å². The van der Waals surface area contributed by atoms with Crippen molar-refractivity contribution in [3.63, 3.8) is 0 Å². The molecule has 0 aliphatic rings. The molecule has 3 heterocycles. The maximum atomic E-state index is 12.3.